The van der Waals surface area contributed by atoms with Gasteiger partial charge in [0.2, 0.25) is 10.0 Å². The third-order valence-corrected chi connectivity index (χ3v) is 10.8. The van der Waals surface area contributed by atoms with Crippen LogP contribution in [0.15, 0.2) is 82.3 Å². The molecule has 1 fully saturated rings. The van der Waals surface area contributed by atoms with Gasteiger partial charge in [-0.3, -0.25) is 23.6 Å². The predicted molar refractivity (Wildman–Crippen MR) is 192 cm³/mol. The van der Waals surface area contributed by atoms with E-state index in [4.69, 9.17) is 32.7 Å². The Morgan fingerprint density at radius 1 is 1.13 bits per heavy atom. The maximum atomic E-state index is 13.6. The maximum absolute atomic E-state index is 13.6. The highest BCUT2D eigenvalue weighted by Crippen LogP contribution is 2.39. The van der Waals surface area contributed by atoms with Gasteiger partial charge in [-0.05, 0) is 67.2 Å². The van der Waals surface area contributed by atoms with Crippen molar-refractivity contribution in [2.24, 2.45) is 5.92 Å². The van der Waals surface area contributed by atoms with Crippen LogP contribution in [0.4, 0.5) is 14.5 Å². The number of thiazole rings is 1. The van der Waals surface area contributed by atoms with E-state index in [0.717, 1.165) is 23.4 Å². The highest BCUT2D eigenvalue weighted by atomic mass is 35.5. The summed E-state index contributed by atoms with van der Waals surface area (Å²) < 4.78 is 69.2. The number of halogens is 4. The molecule has 0 saturated heterocycles. The molecule has 0 spiro atoms. The fraction of sp³-hybridized carbons (Fsp3) is 0.314. The van der Waals surface area contributed by atoms with Crippen molar-refractivity contribution < 1.29 is 45.8 Å². The normalized spacial score (nSPS) is 15.7. The number of carbonyl (C=O) groups excluding carboxylic acids is 3. The number of hydrogen-bond acceptors (Lipinski definition) is 10. The Bertz CT molecular complexity index is 2040. The number of amides is 2. The SMILES string of the molecule is C=C/C(Cl)=C(C[C@H](OC(=O)CN1C(=O)c2ccc(N(Cc3nccs3)S(C)(=O)=O)cc2C1=O)c1ccc(OC(F)F)c(OCC2CC2)c1)\C(Cl)=C/C. The molecule has 0 N–H and O–H groups in total. The molecular weight excluding hydrogens is 763 g/mol. The molecule has 276 valence electrons. The van der Waals surface area contributed by atoms with E-state index in [1.165, 1.54) is 60.0 Å². The number of benzene rings is 2. The first-order valence-electron chi connectivity index (χ1n) is 15.8. The Balaban J connectivity index is 1.42. The summed E-state index contributed by atoms with van der Waals surface area (Å²) >= 11 is 14.2. The van der Waals surface area contributed by atoms with Crippen LogP contribution in [0.1, 0.15) is 63.6 Å². The summed E-state index contributed by atoms with van der Waals surface area (Å²) in [5.74, 6) is -2.58. The van der Waals surface area contributed by atoms with Gasteiger partial charge in [-0.15, -0.1) is 11.3 Å². The number of carbonyl (C=O) groups is 3. The Hall–Kier alpha value is -4.31. The van der Waals surface area contributed by atoms with Crippen LogP contribution in [0, 0.1) is 5.92 Å². The van der Waals surface area contributed by atoms with E-state index in [2.05, 4.69) is 16.3 Å². The van der Waals surface area contributed by atoms with Gasteiger partial charge in [0, 0.05) is 28.1 Å². The number of imide groups is 1. The van der Waals surface area contributed by atoms with Crippen LogP contribution in [-0.4, -0.2) is 62.1 Å². The summed E-state index contributed by atoms with van der Waals surface area (Å²) in [4.78, 5) is 45.3. The van der Waals surface area contributed by atoms with Gasteiger partial charge in [-0.2, -0.15) is 8.78 Å². The van der Waals surface area contributed by atoms with Crippen molar-refractivity contribution in [2.75, 3.05) is 23.7 Å². The molecule has 1 atom stereocenters. The molecule has 1 aliphatic heterocycles. The van der Waals surface area contributed by atoms with E-state index in [1.54, 1.807) is 18.4 Å². The minimum Gasteiger partial charge on any atom is -0.489 e. The minimum atomic E-state index is -3.83. The molecular formula is C35H33Cl2F2N3O8S2. The molecule has 0 unspecified atom stereocenters. The lowest BCUT2D eigenvalue weighted by Gasteiger charge is -2.23. The zero-order chi connectivity index (χ0) is 37.7. The fourth-order valence-electron chi connectivity index (χ4n) is 5.30. The second-order valence-electron chi connectivity index (χ2n) is 11.8. The monoisotopic (exact) mass is 795 g/mol. The molecule has 2 heterocycles. The second-order valence-corrected chi connectivity index (χ2v) is 15.5. The topological polar surface area (TPSA) is 132 Å². The standard InChI is InChI=1S/C35H33Cl2F2N3O8S2/c1-4-26(36)25(27(37)5-2)16-29(21-8-11-28(50-35(38)39)30(14-21)48-19-20-6-7-20)49-32(43)18-41-33(44)23-10-9-22(15-24(23)34(41)45)42(52(3,46)47)17-31-40-12-13-51-31/h4-5,8-15,20,29,35H,1,6-7,16-19H2,2-3H3/b26-25+,27-5+/t29-/m0/s1. The van der Waals surface area contributed by atoms with Crippen molar-refractivity contribution >= 4 is 68.0 Å². The van der Waals surface area contributed by atoms with E-state index in [1.807, 2.05) is 0 Å². The van der Waals surface area contributed by atoms with Crippen LogP contribution in [0.3, 0.4) is 0 Å². The first kappa shape index (κ1) is 38.9. The van der Waals surface area contributed by atoms with Gasteiger partial charge in [-0.25, -0.2) is 13.4 Å². The molecule has 2 aromatic carbocycles. The number of hydrogen-bond donors (Lipinski definition) is 0. The molecule has 0 bridgehead atoms. The van der Waals surface area contributed by atoms with E-state index in [-0.39, 0.29) is 63.9 Å². The molecule has 5 rings (SSSR count). The molecule has 2 amide bonds. The van der Waals surface area contributed by atoms with Crippen LogP contribution in [-0.2, 0) is 26.1 Å². The van der Waals surface area contributed by atoms with Crippen LogP contribution < -0.4 is 13.8 Å². The number of aromatic nitrogens is 1. The van der Waals surface area contributed by atoms with Gasteiger partial charge in [0.15, 0.2) is 11.5 Å². The number of ether oxygens (including phenoxy) is 3. The molecule has 11 nitrogen and oxygen atoms in total. The van der Waals surface area contributed by atoms with E-state index in [0.29, 0.717) is 21.0 Å². The van der Waals surface area contributed by atoms with Gasteiger partial charge in [0.1, 0.15) is 17.7 Å². The zero-order valence-corrected chi connectivity index (χ0v) is 31.0. The number of anilines is 1. The smallest absolute Gasteiger partial charge is 0.387 e. The maximum Gasteiger partial charge on any atom is 0.387 e. The Morgan fingerprint density at radius 2 is 1.87 bits per heavy atom. The van der Waals surface area contributed by atoms with Crippen molar-refractivity contribution in [2.45, 2.75) is 45.4 Å². The van der Waals surface area contributed by atoms with Gasteiger partial charge >= 0.3 is 12.6 Å². The number of nitrogens with zero attached hydrogens (tertiary/aromatic N) is 3. The third-order valence-electron chi connectivity index (χ3n) is 8.09. The fourth-order valence-corrected chi connectivity index (χ4v) is 7.24. The van der Waals surface area contributed by atoms with Crippen LogP contribution >= 0.6 is 34.5 Å². The van der Waals surface area contributed by atoms with Crippen molar-refractivity contribution in [1.82, 2.24) is 9.88 Å². The number of fused-ring (bicyclic) bond motifs is 1. The molecule has 3 aromatic rings. The molecule has 2 aliphatic rings. The van der Waals surface area contributed by atoms with Crippen molar-refractivity contribution in [3.63, 3.8) is 0 Å². The minimum absolute atomic E-state index is 0.00243. The van der Waals surface area contributed by atoms with Crippen molar-refractivity contribution in [1.29, 1.82) is 0 Å². The largest absolute Gasteiger partial charge is 0.489 e. The van der Waals surface area contributed by atoms with Gasteiger partial charge in [0.05, 0.1) is 36.2 Å². The second kappa shape index (κ2) is 16.6. The van der Waals surface area contributed by atoms with E-state index in [9.17, 15) is 31.6 Å². The number of sulfonamides is 1. The first-order valence-corrected chi connectivity index (χ1v) is 19.3. The lowest BCUT2D eigenvalue weighted by atomic mass is 9.99. The Kier molecular flexibility index (Phi) is 12.4. The van der Waals surface area contributed by atoms with Crippen LogP contribution in [0.2, 0.25) is 0 Å². The lowest BCUT2D eigenvalue weighted by molar-refractivity contribution is -0.149. The third kappa shape index (κ3) is 9.37. The number of rotatable bonds is 17. The highest BCUT2D eigenvalue weighted by Gasteiger charge is 2.38. The summed E-state index contributed by atoms with van der Waals surface area (Å²) in [6.07, 6.45) is 6.03. The molecule has 17 heteroatoms. The van der Waals surface area contributed by atoms with Crippen LogP contribution in [0.25, 0.3) is 0 Å². The first-order chi connectivity index (χ1) is 24.7. The summed E-state index contributed by atoms with van der Waals surface area (Å²) in [6.45, 7) is 1.58. The van der Waals surface area contributed by atoms with Crippen molar-refractivity contribution in [3.8, 4) is 11.5 Å². The molecule has 52 heavy (non-hydrogen) atoms. The quantitative estimate of drug-likeness (QED) is 0.0770. The van der Waals surface area contributed by atoms with Gasteiger partial charge in [-0.1, -0.05) is 48.0 Å². The average molecular weight is 797 g/mol. The van der Waals surface area contributed by atoms with Crippen LogP contribution in [0.5, 0.6) is 11.5 Å². The highest BCUT2D eigenvalue weighted by molar-refractivity contribution is 7.92. The molecule has 1 aromatic heterocycles. The Labute approximate surface area is 313 Å². The van der Waals surface area contributed by atoms with E-state index >= 15 is 0 Å². The Morgan fingerprint density at radius 3 is 2.48 bits per heavy atom. The van der Waals surface area contributed by atoms with Crippen molar-refractivity contribution in [3.05, 3.63) is 104 Å². The number of alkyl halides is 2. The zero-order valence-electron chi connectivity index (χ0n) is 27.9. The van der Waals surface area contributed by atoms with E-state index < -0.39 is 47.1 Å². The molecule has 1 saturated carbocycles. The number of esters is 1. The average Bonchev–Trinajstić information content (AvgIpc) is 3.74. The summed E-state index contributed by atoms with van der Waals surface area (Å²) in [5.41, 5.74) is 0.625. The summed E-state index contributed by atoms with van der Waals surface area (Å²) in [6, 6.07) is 8.06. The predicted octanol–water partition coefficient (Wildman–Crippen LogP) is 7.59. The molecule has 1 aliphatic carbocycles. The summed E-state index contributed by atoms with van der Waals surface area (Å²) in [5, 5.41) is 2.58. The van der Waals surface area contributed by atoms with Gasteiger partial charge < -0.3 is 14.2 Å². The summed E-state index contributed by atoms with van der Waals surface area (Å²) in [7, 11) is -3.83. The lowest BCUT2D eigenvalue weighted by Crippen LogP contribution is -2.36. The molecule has 0 radical (unpaired) electrons. The van der Waals surface area contributed by atoms with Gasteiger partial charge in [0.25, 0.3) is 11.8 Å². The number of allylic oxidation sites excluding steroid dienone is 4.